The number of aromatic nitrogens is 2. The maximum atomic E-state index is 12.0. The van der Waals surface area contributed by atoms with Gasteiger partial charge in [0.2, 0.25) is 10.0 Å². The molecule has 2 aromatic heterocycles. The molecule has 0 radical (unpaired) electrons. The third-order valence-corrected chi connectivity index (χ3v) is 3.94. The minimum Gasteiger partial charge on any atom is -0.464 e. The van der Waals surface area contributed by atoms with Crippen LogP contribution in [0.5, 0.6) is 0 Å². The summed E-state index contributed by atoms with van der Waals surface area (Å²) in [7, 11) is -2.48. The summed E-state index contributed by atoms with van der Waals surface area (Å²) in [6.45, 7) is 0.120. The summed E-state index contributed by atoms with van der Waals surface area (Å²) < 4.78 is 31.0. The Kier molecular flexibility index (Phi) is 4.16. The Bertz CT molecular complexity index is 695. The second-order valence-electron chi connectivity index (χ2n) is 3.93. The first kappa shape index (κ1) is 14.2. The first-order valence-electron chi connectivity index (χ1n) is 5.68. The summed E-state index contributed by atoms with van der Waals surface area (Å²) >= 11 is 0. The van der Waals surface area contributed by atoms with Crippen LogP contribution in [0.2, 0.25) is 0 Å². The van der Waals surface area contributed by atoms with Gasteiger partial charge in [-0.3, -0.25) is 4.98 Å². The highest BCUT2D eigenvalue weighted by Gasteiger charge is 2.18. The average molecular weight is 295 g/mol. The van der Waals surface area contributed by atoms with E-state index < -0.39 is 16.0 Å². The predicted octanol–water partition coefficient (Wildman–Crippen LogP) is 0.675. The first-order chi connectivity index (χ1) is 9.53. The number of nitrogens with one attached hydrogen (secondary N) is 2. The van der Waals surface area contributed by atoms with Crippen LogP contribution in [0.4, 0.5) is 0 Å². The topological polar surface area (TPSA) is 101 Å². The van der Waals surface area contributed by atoms with Crippen LogP contribution in [0, 0.1) is 0 Å². The number of pyridine rings is 1. The minimum absolute atomic E-state index is 0.0261. The van der Waals surface area contributed by atoms with Crippen LogP contribution in [0.15, 0.2) is 41.7 Å². The number of sulfonamides is 1. The number of methoxy groups -OCH3 is 1. The van der Waals surface area contributed by atoms with Crippen molar-refractivity contribution >= 4 is 16.0 Å². The SMILES string of the molecule is COC(=O)c1cc(S(=O)(=O)NCc2cccnc2)c[nH]1. The lowest BCUT2D eigenvalue weighted by atomic mass is 10.3. The van der Waals surface area contributed by atoms with E-state index >= 15 is 0 Å². The molecule has 2 rings (SSSR count). The highest BCUT2D eigenvalue weighted by atomic mass is 32.2. The van der Waals surface area contributed by atoms with E-state index in [2.05, 4.69) is 19.4 Å². The number of hydrogen-bond donors (Lipinski definition) is 2. The molecule has 0 amide bonds. The molecule has 0 bridgehead atoms. The Morgan fingerprint density at radius 1 is 1.50 bits per heavy atom. The number of carbonyl (C=O) groups excluding carboxylic acids is 1. The molecule has 2 aromatic rings. The van der Waals surface area contributed by atoms with Crippen LogP contribution in [0.25, 0.3) is 0 Å². The average Bonchev–Trinajstić information content (AvgIpc) is 2.96. The fraction of sp³-hybridized carbons (Fsp3) is 0.167. The fourth-order valence-corrected chi connectivity index (χ4v) is 2.53. The molecule has 0 aliphatic carbocycles. The van der Waals surface area contributed by atoms with Crippen molar-refractivity contribution in [3.63, 3.8) is 0 Å². The molecule has 0 saturated heterocycles. The highest BCUT2D eigenvalue weighted by molar-refractivity contribution is 7.89. The van der Waals surface area contributed by atoms with E-state index in [0.717, 1.165) is 5.56 Å². The number of hydrogen-bond acceptors (Lipinski definition) is 5. The standard InChI is InChI=1S/C12H13N3O4S/c1-19-12(16)11-5-10(8-14-11)20(17,18)15-7-9-3-2-4-13-6-9/h2-6,8,14-15H,7H2,1H3. The maximum absolute atomic E-state index is 12.0. The number of rotatable bonds is 5. The zero-order valence-electron chi connectivity index (χ0n) is 10.7. The van der Waals surface area contributed by atoms with Gasteiger partial charge in [0, 0.05) is 25.1 Å². The molecule has 0 unspecified atom stereocenters. The molecular formula is C12H13N3O4S. The molecule has 2 heterocycles. The van der Waals surface area contributed by atoms with Gasteiger partial charge >= 0.3 is 5.97 Å². The molecule has 0 aliphatic heterocycles. The van der Waals surface area contributed by atoms with E-state index in [4.69, 9.17) is 0 Å². The van der Waals surface area contributed by atoms with Crippen molar-refractivity contribution in [3.8, 4) is 0 Å². The van der Waals surface area contributed by atoms with Crippen LogP contribution in [-0.4, -0.2) is 31.5 Å². The molecule has 106 valence electrons. The molecule has 2 N–H and O–H groups in total. The Hall–Kier alpha value is -2.19. The normalized spacial score (nSPS) is 11.2. The van der Waals surface area contributed by atoms with Gasteiger partial charge in [0.05, 0.1) is 7.11 Å². The lowest BCUT2D eigenvalue weighted by Crippen LogP contribution is -2.22. The summed E-state index contributed by atoms with van der Waals surface area (Å²) in [4.78, 5) is 17.7. The van der Waals surface area contributed by atoms with Crippen LogP contribution < -0.4 is 4.72 Å². The quantitative estimate of drug-likeness (QED) is 0.790. The van der Waals surface area contributed by atoms with Gasteiger partial charge in [-0.25, -0.2) is 17.9 Å². The second kappa shape index (κ2) is 5.85. The molecule has 0 atom stereocenters. The summed E-state index contributed by atoms with van der Waals surface area (Å²) in [6.07, 6.45) is 4.41. The maximum Gasteiger partial charge on any atom is 0.354 e. The van der Waals surface area contributed by atoms with Crippen molar-refractivity contribution in [2.24, 2.45) is 0 Å². The minimum atomic E-state index is -3.70. The van der Waals surface area contributed by atoms with E-state index in [9.17, 15) is 13.2 Å². The number of ether oxygens (including phenoxy) is 1. The zero-order chi connectivity index (χ0) is 14.6. The Labute approximate surface area is 116 Å². The van der Waals surface area contributed by atoms with E-state index in [1.54, 1.807) is 24.5 Å². The summed E-state index contributed by atoms with van der Waals surface area (Å²) in [5.41, 5.74) is 0.814. The molecule has 8 heteroatoms. The molecule has 0 aromatic carbocycles. The summed E-state index contributed by atoms with van der Waals surface area (Å²) in [6, 6.07) is 4.69. The van der Waals surface area contributed by atoms with E-state index in [1.165, 1.54) is 19.4 Å². The zero-order valence-corrected chi connectivity index (χ0v) is 11.5. The molecule has 0 saturated carbocycles. The van der Waals surface area contributed by atoms with Crippen molar-refractivity contribution < 1.29 is 17.9 Å². The highest BCUT2D eigenvalue weighted by Crippen LogP contribution is 2.12. The van der Waals surface area contributed by atoms with Crippen molar-refractivity contribution in [3.05, 3.63) is 48.0 Å². The van der Waals surface area contributed by atoms with Gasteiger partial charge in [-0.1, -0.05) is 6.07 Å². The van der Waals surface area contributed by atoms with E-state index in [1.807, 2.05) is 0 Å². The smallest absolute Gasteiger partial charge is 0.354 e. The van der Waals surface area contributed by atoms with Crippen molar-refractivity contribution in [2.45, 2.75) is 11.4 Å². The van der Waals surface area contributed by atoms with Crippen LogP contribution >= 0.6 is 0 Å². The number of nitrogens with zero attached hydrogens (tertiary/aromatic N) is 1. The Morgan fingerprint density at radius 2 is 2.30 bits per heavy atom. The molecule has 0 aliphatic rings. The molecule has 0 spiro atoms. The third-order valence-electron chi connectivity index (χ3n) is 2.56. The fourth-order valence-electron chi connectivity index (χ4n) is 1.52. The van der Waals surface area contributed by atoms with Crippen LogP contribution in [-0.2, 0) is 21.3 Å². The Morgan fingerprint density at radius 3 is 2.95 bits per heavy atom. The molecular weight excluding hydrogens is 282 g/mol. The first-order valence-corrected chi connectivity index (χ1v) is 7.16. The van der Waals surface area contributed by atoms with Crippen molar-refractivity contribution in [1.29, 1.82) is 0 Å². The number of carbonyl (C=O) groups is 1. The van der Waals surface area contributed by atoms with Gasteiger partial charge in [0.25, 0.3) is 0 Å². The second-order valence-corrected chi connectivity index (χ2v) is 5.69. The van der Waals surface area contributed by atoms with Gasteiger partial charge in [0.1, 0.15) is 10.6 Å². The number of aromatic amines is 1. The van der Waals surface area contributed by atoms with Gasteiger partial charge < -0.3 is 9.72 Å². The predicted molar refractivity (Wildman–Crippen MR) is 70.4 cm³/mol. The van der Waals surface area contributed by atoms with Gasteiger partial charge in [-0.15, -0.1) is 0 Å². The number of H-pyrrole nitrogens is 1. The lowest BCUT2D eigenvalue weighted by molar-refractivity contribution is 0.0595. The van der Waals surface area contributed by atoms with Gasteiger partial charge in [0.15, 0.2) is 0 Å². The Balaban J connectivity index is 2.10. The molecule has 20 heavy (non-hydrogen) atoms. The van der Waals surface area contributed by atoms with E-state index in [-0.39, 0.29) is 17.1 Å². The molecule has 7 nitrogen and oxygen atoms in total. The van der Waals surface area contributed by atoms with Crippen LogP contribution in [0.3, 0.4) is 0 Å². The summed E-state index contributed by atoms with van der Waals surface area (Å²) in [5.74, 6) is -0.626. The number of esters is 1. The third kappa shape index (κ3) is 3.22. The van der Waals surface area contributed by atoms with Crippen LogP contribution in [0.1, 0.15) is 16.1 Å². The van der Waals surface area contributed by atoms with Crippen molar-refractivity contribution in [1.82, 2.24) is 14.7 Å². The van der Waals surface area contributed by atoms with Gasteiger partial charge in [-0.05, 0) is 17.7 Å². The van der Waals surface area contributed by atoms with E-state index in [0.29, 0.717) is 0 Å². The van der Waals surface area contributed by atoms with Gasteiger partial charge in [-0.2, -0.15) is 0 Å². The summed E-state index contributed by atoms with van der Waals surface area (Å²) in [5, 5.41) is 0. The monoisotopic (exact) mass is 295 g/mol. The largest absolute Gasteiger partial charge is 0.464 e. The van der Waals surface area contributed by atoms with Crippen molar-refractivity contribution in [2.75, 3.05) is 7.11 Å². The lowest BCUT2D eigenvalue weighted by Gasteiger charge is -2.04. The molecule has 0 fully saturated rings.